The number of para-hydroxylation sites is 1. The first-order valence-corrected chi connectivity index (χ1v) is 11.1. The minimum Gasteiger partial charge on any atom is -0.339 e. The van der Waals surface area contributed by atoms with E-state index in [1.165, 1.54) is 11.0 Å². The highest BCUT2D eigenvalue weighted by Crippen LogP contribution is 2.29. The van der Waals surface area contributed by atoms with Crippen LogP contribution in [0.4, 0.5) is 10.1 Å². The number of rotatable bonds is 3. The number of carbonyl (C=O) groups is 3. The molecule has 1 atom stereocenters. The Kier molecular flexibility index (Phi) is 5.54. The van der Waals surface area contributed by atoms with E-state index < -0.39 is 11.7 Å². The number of carbonyl (C=O) groups excluding carboxylic acids is 3. The van der Waals surface area contributed by atoms with Gasteiger partial charge in [0.2, 0.25) is 11.8 Å². The molecule has 2 heterocycles. The Morgan fingerprint density at radius 3 is 2.27 bits per heavy atom. The second kappa shape index (κ2) is 8.65. The lowest BCUT2D eigenvalue weighted by molar-refractivity contribution is -0.137. The van der Waals surface area contributed by atoms with Crippen LogP contribution in [0.3, 0.4) is 0 Å². The molecule has 0 bridgehead atoms. The average Bonchev–Trinajstić information content (AvgIpc) is 3.24. The van der Waals surface area contributed by atoms with Crippen molar-refractivity contribution in [3.8, 4) is 0 Å². The van der Waals surface area contributed by atoms with Gasteiger partial charge in [-0.1, -0.05) is 48.5 Å². The van der Waals surface area contributed by atoms with Crippen molar-refractivity contribution in [3.05, 3.63) is 78.1 Å². The minimum atomic E-state index is -0.502. The van der Waals surface area contributed by atoms with E-state index in [0.717, 1.165) is 10.8 Å². The van der Waals surface area contributed by atoms with E-state index in [4.69, 9.17) is 0 Å². The summed E-state index contributed by atoms with van der Waals surface area (Å²) in [5.74, 6) is -1.37. The summed E-state index contributed by atoms with van der Waals surface area (Å²) in [5, 5.41) is 1.93. The highest BCUT2D eigenvalue weighted by molar-refractivity contribution is 6.07. The molecule has 3 aromatic rings. The van der Waals surface area contributed by atoms with Crippen LogP contribution in [0.2, 0.25) is 0 Å². The molecular formula is C26H24FN3O3. The second-order valence-electron chi connectivity index (χ2n) is 8.50. The molecule has 2 aliphatic rings. The van der Waals surface area contributed by atoms with Gasteiger partial charge in [-0.05, 0) is 29.0 Å². The number of anilines is 1. The number of piperazine rings is 1. The molecule has 0 aliphatic carbocycles. The predicted molar refractivity (Wildman–Crippen MR) is 123 cm³/mol. The van der Waals surface area contributed by atoms with Gasteiger partial charge < -0.3 is 14.7 Å². The second-order valence-corrected chi connectivity index (χ2v) is 8.50. The zero-order valence-electron chi connectivity index (χ0n) is 18.1. The van der Waals surface area contributed by atoms with E-state index in [2.05, 4.69) is 0 Å². The summed E-state index contributed by atoms with van der Waals surface area (Å²) in [4.78, 5) is 43.6. The van der Waals surface area contributed by atoms with E-state index in [0.29, 0.717) is 31.7 Å². The van der Waals surface area contributed by atoms with E-state index >= 15 is 0 Å². The Hall–Kier alpha value is -3.74. The van der Waals surface area contributed by atoms with Gasteiger partial charge in [-0.15, -0.1) is 0 Å². The molecule has 6 nitrogen and oxygen atoms in total. The number of hydrogen-bond donors (Lipinski definition) is 0. The fourth-order valence-electron chi connectivity index (χ4n) is 4.75. The largest absolute Gasteiger partial charge is 0.339 e. The van der Waals surface area contributed by atoms with Gasteiger partial charge in [-0.25, -0.2) is 4.39 Å². The topological polar surface area (TPSA) is 60.9 Å². The fraction of sp³-hybridized carbons (Fsp3) is 0.269. The molecule has 0 spiro atoms. The van der Waals surface area contributed by atoms with Gasteiger partial charge in [0.15, 0.2) is 0 Å². The molecule has 168 valence electrons. The van der Waals surface area contributed by atoms with Gasteiger partial charge in [-0.3, -0.25) is 14.4 Å². The molecule has 5 rings (SSSR count). The number of amides is 3. The molecule has 2 aliphatic heterocycles. The minimum absolute atomic E-state index is 0.0410. The van der Waals surface area contributed by atoms with Crippen LogP contribution in [0.15, 0.2) is 66.7 Å². The Labute approximate surface area is 191 Å². The summed E-state index contributed by atoms with van der Waals surface area (Å²) < 4.78 is 14.1. The monoisotopic (exact) mass is 445 g/mol. The van der Waals surface area contributed by atoms with Gasteiger partial charge in [0.05, 0.1) is 11.6 Å². The van der Waals surface area contributed by atoms with Gasteiger partial charge in [0.1, 0.15) is 5.82 Å². The predicted octanol–water partition coefficient (Wildman–Crippen LogP) is 3.32. The maximum Gasteiger partial charge on any atom is 0.254 e. The van der Waals surface area contributed by atoms with Crippen LogP contribution in [0, 0.1) is 11.7 Å². The summed E-state index contributed by atoms with van der Waals surface area (Å²) in [6, 6.07) is 19.6. The van der Waals surface area contributed by atoms with Crippen LogP contribution < -0.4 is 4.90 Å². The third kappa shape index (κ3) is 3.95. The molecule has 0 aromatic heterocycles. The standard InChI is InChI=1S/C26H24FN3O3/c27-22-10-3-4-11-23(22)30-17-19(16-24(30)31)25(32)28-12-14-29(15-13-28)26(33)21-9-5-7-18-6-1-2-8-20(18)21/h1-11,19H,12-17H2. The molecule has 2 saturated heterocycles. The number of benzene rings is 3. The molecular weight excluding hydrogens is 421 g/mol. The highest BCUT2D eigenvalue weighted by atomic mass is 19.1. The van der Waals surface area contributed by atoms with Gasteiger partial charge in [0, 0.05) is 44.7 Å². The van der Waals surface area contributed by atoms with Crippen LogP contribution in [-0.4, -0.2) is 60.2 Å². The summed E-state index contributed by atoms with van der Waals surface area (Å²) >= 11 is 0. The zero-order valence-corrected chi connectivity index (χ0v) is 18.1. The molecule has 0 N–H and O–H groups in total. The van der Waals surface area contributed by atoms with E-state index in [-0.39, 0.29) is 36.4 Å². The summed E-state index contributed by atoms with van der Waals surface area (Å²) in [6.07, 6.45) is 0.0717. The van der Waals surface area contributed by atoms with Gasteiger partial charge in [0.25, 0.3) is 5.91 Å². The first kappa shape index (κ1) is 21.1. The first-order valence-electron chi connectivity index (χ1n) is 11.1. The smallest absolute Gasteiger partial charge is 0.254 e. The number of halogens is 1. The third-order valence-corrected chi connectivity index (χ3v) is 6.52. The van der Waals surface area contributed by atoms with Crippen molar-refractivity contribution in [2.45, 2.75) is 6.42 Å². The normalized spacial score (nSPS) is 18.8. The molecule has 3 aromatic carbocycles. The molecule has 33 heavy (non-hydrogen) atoms. The Morgan fingerprint density at radius 2 is 1.48 bits per heavy atom. The number of nitrogens with zero attached hydrogens (tertiary/aromatic N) is 3. The van der Waals surface area contributed by atoms with Crippen molar-refractivity contribution in [2.24, 2.45) is 5.92 Å². The maximum atomic E-state index is 14.1. The molecule has 7 heteroatoms. The van der Waals surface area contributed by atoms with Crippen LogP contribution in [0.1, 0.15) is 16.8 Å². The Bertz CT molecular complexity index is 1230. The van der Waals surface area contributed by atoms with Crippen molar-refractivity contribution in [1.82, 2.24) is 9.80 Å². The molecule has 0 saturated carbocycles. The quantitative estimate of drug-likeness (QED) is 0.622. The summed E-state index contributed by atoms with van der Waals surface area (Å²) in [7, 11) is 0. The SMILES string of the molecule is O=C(c1cccc2ccccc12)N1CCN(C(=O)C2CC(=O)N(c3ccccc3F)C2)CC1. The lowest BCUT2D eigenvalue weighted by Gasteiger charge is -2.36. The lowest BCUT2D eigenvalue weighted by Crippen LogP contribution is -2.52. The van der Waals surface area contributed by atoms with Crippen molar-refractivity contribution < 1.29 is 18.8 Å². The van der Waals surface area contributed by atoms with Gasteiger partial charge >= 0.3 is 0 Å². The first-order chi connectivity index (χ1) is 16.0. The van der Waals surface area contributed by atoms with Crippen LogP contribution in [-0.2, 0) is 9.59 Å². The van der Waals surface area contributed by atoms with Crippen molar-refractivity contribution in [3.63, 3.8) is 0 Å². The summed E-state index contributed by atoms with van der Waals surface area (Å²) in [6.45, 7) is 1.88. The highest BCUT2D eigenvalue weighted by Gasteiger charge is 2.39. The lowest BCUT2D eigenvalue weighted by atomic mass is 10.0. The van der Waals surface area contributed by atoms with Crippen LogP contribution in [0.25, 0.3) is 10.8 Å². The van der Waals surface area contributed by atoms with E-state index in [9.17, 15) is 18.8 Å². The van der Waals surface area contributed by atoms with E-state index in [1.54, 1.807) is 28.0 Å². The van der Waals surface area contributed by atoms with E-state index in [1.807, 2.05) is 42.5 Å². The maximum absolute atomic E-state index is 14.1. The molecule has 0 radical (unpaired) electrons. The fourth-order valence-corrected chi connectivity index (χ4v) is 4.75. The summed E-state index contributed by atoms with van der Waals surface area (Å²) in [5.41, 5.74) is 0.873. The third-order valence-electron chi connectivity index (χ3n) is 6.52. The van der Waals surface area contributed by atoms with Crippen LogP contribution >= 0.6 is 0 Å². The van der Waals surface area contributed by atoms with Gasteiger partial charge in [-0.2, -0.15) is 0 Å². The molecule has 3 amide bonds. The molecule has 2 fully saturated rings. The zero-order chi connectivity index (χ0) is 22.9. The van der Waals surface area contributed by atoms with Crippen molar-refractivity contribution >= 4 is 34.2 Å². The molecule has 1 unspecified atom stereocenters. The Morgan fingerprint density at radius 1 is 0.818 bits per heavy atom. The average molecular weight is 445 g/mol. The van der Waals surface area contributed by atoms with Crippen molar-refractivity contribution in [2.75, 3.05) is 37.6 Å². The number of fused-ring (bicyclic) bond motifs is 1. The van der Waals surface area contributed by atoms with Crippen LogP contribution in [0.5, 0.6) is 0 Å². The number of hydrogen-bond acceptors (Lipinski definition) is 3. The Balaban J connectivity index is 1.23. The van der Waals surface area contributed by atoms with Crippen molar-refractivity contribution in [1.29, 1.82) is 0 Å².